The third-order valence-corrected chi connectivity index (χ3v) is 5.71. The molecule has 158 valence electrons. The fraction of sp³-hybridized carbons (Fsp3) is 0.480. The van der Waals surface area contributed by atoms with E-state index in [4.69, 9.17) is 4.74 Å². The summed E-state index contributed by atoms with van der Waals surface area (Å²) in [5, 5.41) is 10.3. The van der Waals surface area contributed by atoms with Crippen molar-refractivity contribution in [3.63, 3.8) is 0 Å². The minimum atomic E-state index is -0.204. The van der Waals surface area contributed by atoms with Crippen molar-refractivity contribution in [2.45, 2.75) is 71.1 Å². The van der Waals surface area contributed by atoms with Crippen LogP contribution in [-0.2, 0) is 0 Å². The van der Waals surface area contributed by atoms with E-state index < -0.39 is 0 Å². The normalized spacial score (nSPS) is 10.8. The van der Waals surface area contributed by atoms with Crippen molar-refractivity contribution in [2.24, 2.45) is 0 Å². The summed E-state index contributed by atoms with van der Waals surface area (Å²) < 4.78 is 6.49. The van der Waals surface area contributed by atoms with Gasteiger partial charge in [0.1, 0.15) is 11.5 Å². The first-order chi connectivity index (χ1) is 14.1. The van der Waals surface area contributed by atoms with Gasteiger partial charge >= 0.3 is 0 Å². The van der Waals surface area contributed by atoms with Crippen LogP contribution in [0.5, 0.6) is 11.5 Å². The van der Waals surface area contributed by atoms with Crippen LogP contribution < -0.4 is 4.74 Å². The summed E-state index contributed by atoms with van der Waals surface area (Å²) in [6.45, 7) is 2.86. The third-order valence-electron chi connectivity index (χ3n) is 5.09. The molecule has 4 heteroatoms. The van der Waals surface area contributed by atoms with E-state index in [1.807, 2.05) is 18.2 Å². The molecule has 2 rings (SSSR count). The Kier molecular flexibility index (Phi) is 10.9. The van der Waals surface area contributed by atoms with Crippen LogP contribution in [0.15, 0.2) is 46.9 Å². The Morgan fingerprint density at radius 3 is 2.10 bits per heavy atom. The topological polar surface area (TPSA) is 46.5 Å². The lowest BCUT2D eigenvalue weighted by atomic mass is 10.0. The van der Waals surface area contributed by atoms with E-state index in [2.05, 4.69) is 22.9 Å². The molecule has 0 heterocycles. The van der Waals surface area contributed by atoms with Crippen LogP contribution in [-0.4, -0.2) is 17.5 Å². The number of phenols is 1. The first-order valence-corrected chi connectivity index (χ1v) is 11.7. The number of benzene rings is 2. The molecule has 0 fully saturated rings. The standard InChI is InChI=1S/C25H33BrO3/c1-2-3-4-5-6-7-8-9-10-14-17-29-24-19-23(27)21(18-22(24)26)25(28)20-15-12-11-13-16-20/h11-13,15-16,18-19,27H,2-10,14,17H2,1H3. The maximum absolute atomic E-state index is 12.6. The zero-order chi connectivity index (χ0) is 20.9. The Morgan fingerprint density at radius 1 is 0.897 bits per heavy atom. The summed E-state index contributed by atoms with van der Waals surface area (Å²) in [5.41, 5.74) is 0.822. The van der Waals surface area contributed by atoms with Crippen molar-refractivity contribution < 1.29 is 14.6 Å². The Hall–Kier alpha value is -1.81. The molecular weight excluding hydrogens is 428 g/mol. The largest absolute Gasteiger partial charge is 0.507 e. The van der Waals surface area contributed by atoms with Crippen LogP contribution in [0.4, 0.5) is 0 Å². The molecule has 29 heavy (non-hydrogen) atoms. The molecule has 0 aromatic heterocycles. The number of carbonyl (C=O) groups is 1. The van der Waals surface area contributed by atoms with Crippen LogP contribution in [0.3, 0.4) is 0 Å². The zero-order valence-electron chi connectivity index (χ0n) is 17.5. The van der Waals surface area contributed by atoms with Crippen molar-refractivity contribution in [1.82, 2.24) is 0 Å². The fourth-order valence-electron chi connectivity index (χ4n) is 3.35. The highest BCUT2D eigenvalue weighted by Gasteiger charge is 2.16. The van der Waals surface area contributed by atoms with Gasteiger partial charge in [-0.15, -0.1) is 0 Å². The average molecular weight is 461 g/mol. The van der Waals surface area contributed by atoms with Gasteiger partial charge in [0.15, 0.2) is 5.78 Å². The van der Waals surface area contributed by atoms with E-state index in [-0.39, 0.29) is 17.1 Å². The van der Waals surface area contributed by atoms with Gasteiger partial charge in [0.05, 0.1) is 16.6 Å². The molecule has 0 bridgehead atoms. The predicted octanol–water partition coefficient (Wildman–Crippen LogP) is 7.69. The molecule has 0 saturated carbocycles. The van der Waals surface area contributed by atoms with Crippen LogP contribution >= 0.6 is 15.9 Å². The summed E-state index contributed by atoms with van der Waals surface area (Å²) in [4.78, 5) is 12.6. The molecule has 1 N–H and O–H groups in total. The van der Waals surface area contributed by atoms with Gasteiger partial charge < -0.3 is 9.84 Å². The second kappa shape index (κ2) is 13.4. The second-order valence-electron chi connectivity index (χ2n) is 7.53. The molecule has 0 aliphatic heterocycles. The van der Waals surface area contributed by atoms with E-state index in [1.54, 1.807) is 18.2 Å². The smallest absolute Gasteiger partial charge is 0.196 e. The molecule has 2 aromatic carbocycles. The van der Waals surface area contributed by atoms with Gasteiger partial charge in [-0.2, -0.15) is 0 Å². The minimum Gasteiger partial charge on any atom is -0.507 e. The lowest BCUT2D eigenvalue weighted by molar-refractivity contribution is 0.103. The summed E-state index contributed by atoms with van der Waals surface area (Å²) >= 11 is 3.46. The summed E-state index contributed by atoms with van der Waals surface area (Å²) in [6.07, 6.45) is 12.8. The highest BCUT2D eigenvalue weighted by molar-refractivity contribution is 9.10. The molecule has 0 spiro atoms. The van der Waals surface area contributed by atoms with Gasteiger partial charge in [0.25, 0.3) is 0 Å². The lowest BCUT2D eigenvalue weighted by Crippen LogP contribution is -2.03. The number of ketones is 1. The van der Waals surface area contributed by atoms with E-state index in [1.165, 1.54) is 57.4 Å². The van der Waals surface area contributed by atoms with Gasteiger partial charge in [-0.05, 0) is 28.4 Å². The second-order valence-corrected chi connectivity index (χ2v) is 8.38. The number of hydrogen-bond donors (Lipinski definition) is 1. The Balaban J connectivity index is 1.71. The van der Waals surface area contributed by atoms with Crippen molar-refractivity contribution in [3.05, 3.63) is 58.1 Å². The van der Waals surface area contributed by atoms with Crippen LogP contribution in [0.2, 0.25) is 0 Å². The van der Waals surface area contributed by atoms with Crippen molar-refractivity contribution in [3.8, 4) is 11.5 Å². The Morgan fingerprint density at radius 2 is 1.48 bits per heavy atom. The summed E-state index contributed by atoms with van der Waals surface area (Å²) in [5.74, 6) is 0.313. The van der Waals surface area contributed by atoms with Gasteiger partial charge in [-0.1, -0.05) is 95.0 Å². The first kappa shape index (κ1) is 23.5. The Labute approximate surface area is 183 Å². The molecule has 0 radical (unpaired) electrons. The molecule has 0 aliphatic carbocycles. The minimum absolute atomic E-state index is 0.0554. The zero-order valence-corrected chi connectivity index (χ0v) is 19.0. The number of unbranched alkanes of at least 4 members (excludes halogenated alkanes) is 9. The number of phenolic OH excluding ortho intramolecular Hbond substituents is 1. The lowest BCUT2D eigenvalue weighted by Gasteiger charge is -2.11. The van der Waals surface area contributed by atoms with Gasteiger partial charge in [0, 0.05) is 11.6 Å². The molecule has 0 unspecified atom stereocenters. The third kappa shape index (κ3) is 8.22. The number of rotatable bonds is 14. The van der Waals surface area contributed by atoms with E-state index in [0.717, 1.165) is 12.8 Å². The van der Waals surface area contributed by atoms with E-state index in [0.29, 0.717) is 22.4 Å². The van der Waals surface area contributed by atoms with Gasteiger partial charge in [-0.3, -0.25) is 4.79 Å². The Bertz CT molecular complexity index is 743. The van der Waals surface area contributed by atoms with Gasteiger partial charge in [0.2, 0.25) is 0 Å². The van der Waals surface area contributed by atoms with E-state index >= 15 is 0 Å². The highest BCUT2D eigenvalue weighted by Crippen LogP contribution is 2.33. The average Bonchev–Trinajstić information content (AvgIpc) is 2.74. The SMILES string of the molecule is CCCCCCCCCCCCOc1cc(O)c(C(=O)c2ccccc2)cc1Br. The van der Waals surface area contributed by atoms with Crippen molar-refractivity contribution in [2.75, 3.05) is 6.61 Å². The quantitative estimate of drug-likeness (QED) is 0.232. The first-order valence-electron chi connectivity index (χ1n) is 10.9. The van der Waals surface area contributed by atoms with Crippen molar-refractivity contribution in [1.29, 1.82) is 0 Å². The molecule has 3 nitrogen and oxygen atoms in total. The van der Waals surface area contributed by atoms with Crippen LogP contribution in [0.1, 0.15) is 87.1 Å². The molecule has 0 aliphatic rings. The maximum atomic E-state index is 12.6. The monoisotopic (exact) mass is 460 g/mol. The number of ether oxygens (including phenoxy) is 1. The van der Waals surface area contributed by atoms with Crippen LogP contribution in [0, 0.1) is 0 Å². The highest BCUT2D eigenvalue weighted by atomic mass is 79.9. The van der Waals surface area contributed by atoms with Gasteiger partial charge in [-0.25, -0.2) is 0 Å². The molecule has 2 aromatic rings. The summed E-state index contributed by atoms with van der Waals surface area (Å²) in [7, 11) is 0. The molecular formula is C25H33BrO3. The maximum Gasteiger partial charge on any atom is 0.196 e. The number of aromatic hydroxyl groups is 1. The van der Waals surface area contributed by atoms with Crippen molar-refractivity contribution >= 4 is 21.7 Å². The predicted molar refractivity (Wildman–Crippen MR) is 123 cm³/mol. The van der Waals surface area contributed by atoms with Crippen LogP contribution in [0.25, 0.3) is 0 Å². The number of halogens is 1. The molecule has 0 atom stereocenters. The molecule has 0 amide bonds. The molecule has 0 saturated heterocycles. The number of hydrogen-bond acceptors (Lipinski definition) is 3. The fourth-order valence-corrected chi connectivity index (χ4v) is 3.81. The summed E-state index contributed by atoms with van der Waals surface area (Å²) in [6, 6.07) is 12.1. The van der Waals surface area contributed by atoms with E-state index in [9.17, 15) is 9.90 Å². The number of carbonyl (C=O) groups excluding carboxylic acids is 1.